The fraction of sp³-hybridized carbons (Fsp3) is 0.346. The third-order valence-corrected chi connectivity index (χ3v) is 7.72. The first-order valence-corrected chi connectivity index (χ1v) is 13.1. The zero-order chi connectivity index (χ0) is 25.0. The average Bonchev–Trinajstić information content (AvgIpc) is 3.38. The molecule has 1 saturated heterocycles. The Kier molecular flexibility index (Phi) is 7.57. The molecule has 9 heteroatoms. The Labute approximate surface area is 205 Å². The lowest BCUT2D eigenvalue weighted by molar-refractivity contribution is 0.0989. The summed E-state index contributed by atoms with van der Waals surface area (Å²) in [6.45, 7) is 2.66. The van der Waals surface area contributed by atoms with Crippen LogP contribution in [0.5, 0.6) is 0 Å². The molecule has 0 aliphatic carbocycles. The average molecular weight is 496 g/mol. The summed E-state index contributed by atoms with van der Waals surface area (Å²) in [7, 11) is -4.19. The minimum atomic E-state index is -4.19. The molecule has 0 spiro atoms. The normalized spacial score (nSPS) is 16.1. The van der Waals surface area contributed by atoms with Crippen molar-refractivity contribution in [2.24, 2.45) is 0 Å². The fourth-order valence-electron chi connectivity index (χ4n) is 4.23. The predicted molar refractivity (Wildman–Crippen MR) is 136 cm³/mol. The van der Waals surface area contributed by atoms with E-state index in [1.807, 2.05) is 18.2 Å². The maximum absolute atomic E-state index is 12.5. The van der Waals surface area contributed by atoms with E-state index in [0.29, 0.717) is 5.76 Å². The van der Waals surface area contributed by atoms with Gasteiger partial charge in [-0.1, -0.05) is 18.2 Å². The van der Waals surface area contributed by atoms with Crippen molar-refractivity contribution in [3.63, 3.8) is 0 Å². The van der Waals surface area contributed by atoms with Crippen LogP contribution in [0.2, 0.25) is 0 Å². The van der Waals surface area contributed by atoms with E-state index in [1.165, 1.54) is 31.9 Å². The van der Waals surface area contributed by atoms with Gasteiger partial charge in [0.1, 0.15) is 17.6 Å². The number of nitrogens with one attached hydrogen (secondary N) is 1. The summed E-state index contributed by atoms with van der Waals surface area (Å²) in [6.07, 6.45) is 2.48. The molecule has 0 amide bonds. The molecule has 0 radical (unpaired) electrons. The van der Waals surface area contributed by atoms with Gasteiger partial charge in [-0.05, 0) is 67.3 Å². The number of sulfonamides is 1. The highest BCUT2D eigenvalue weighted by molar-refractivity contribution is 7.93. The quantitative estimate of drug-likeness (QED) is 0.407. The third kappa shape index (κ3) is 5.57. The summed E-state index contributed by atoms with van der Waals surface area (Å²) in [6, 6.07) is 17.6. The van der Waals surface area contributed by atoms with Crippen LogP contribution in [0.25, 0.3) is 27.7 Å². The molecule has 3 aromatic rings. The van der Waals surface area contributed by atoms with E-state index < -0.39 is 34.2 Å². The highest BCUT2D eigenvalue weighted by Crippen LogP contribution is 2.32. The number of nitrogens with zero attached hydrogens (tertiary/aromatic N) is 2. The molecule has 3 N–H and O–H groups in total. The molecular formula is C26H29N3O5S. The number of allylic oxidation sites excluding steroid dienone is 2. The van der Waals surface area contributed by atoms with Gasteiger partial charge in [-0.2, -0.15) is 5.26 Å². The largest absolute Gasteiger partial charge is 0.456 e. The lowest BCUT2D eigenvalue weighted by Gasteiger charge is -2.29. The van der Waals surface area contributed by atoms with Gasteiger partial charge in [0.05, 0.1) is 12.7 Å². The van der Waals surface area contributed by atoms with Crippen LogP contribution in [-0.4, -0.2) is 51.0 Å². The van der Waals surface area contributed by atoms with Crippen molar-refractivity contribution in [3.8, 4) is 17.4 Å². The number of piperidine rings is 1. The number of benzene rings is 2. The van der Waals surface area contributed by atoms with Crippen molar-refractivity contribution in [1.29, 1.82) is 5.26 Å². The van der Waals surface area contributed by atoms with Gasteiger partial charge in [-0.15, -0.1) is 0 Å². The number of fused-ring (bicyclic) bond motifs is 1. The molecule has 8 nitrogen and oxygen atoms in total. The van der Waals surface area contributed by atoms with Crippen LogP contribution in [0.15, 0.2) is 57.9 Å². The zero-order valence-corrected chi connectivity index (χ0v) is 20.4. The zero-order valence-electron chi connectivity index (χ0n) is 19.6. The summed E-state index contributed by atoms with van der Waals surface area (Å²) in [4.78, 5) is 1.91. The van der Waals surface area contributed by atoms with E-state index in [0.717, 1.165) is 29.4 Å². The topological polar surface area (TPSA) is 127 Å². The first kappa shape index (κ1) is 24.9. The number of furan rings is 1. The molecule has 2 aromatic carbocycles. The van der Waals surface area contributed by atoms with Crippen LogP contribution in [-0.2, 0) is 10.0 Å². The van der Waals surface area contributed by atoms with E-state index >= 15 is 0 Å². The first-order valence-electron chi connectivity index (χ1n) is 11.6. The summed E-state index contributed by atoms with van der Waals surface area (Å²) in [5.41, 5.74) is 2.22. The van der Waals surface area contributed by atoms with E-state index in [1.54, 1.807) is 18.2 Å². The molecular weight excluding hydrogens is 466 g/mol. The van der Waals surface area contributed by atoms with Gasteiger partial charge in [-0.3, -0.25) is 0 Å². The van der Waals surface area contributed by atoms with Crippen molar-refractivity contribution in [2.75, 3.05) is 31.1 Å². The van der Waals surface area contributed by atoms with Crippen molar-refractivity contribution >= 4 is 32.1 Å². The number of hydrogen-bond donors (Lipinski definition) is 3. The summed E-state index contributed by atoms with van der Waals surface area (Å²) in [5.74, 6) is 0.810. The number of hydrogen-bond acceptors (Lipinski definition) is 7. The molecule has 1 aliphatic rings. The summed E-state index contributed by atoms with van der Waals surface area (Å²) < 4.78 is 33.1. The van der Waals surface area contributed by atoms with Crippen LogP contribution in [0.4, 0.5) is 5.69 Å². The lowest BCUT2D eigenvalue weighted by atomic mass is 10.0. The van der Waals surface area contributed by atoms with Crippen molar-refractivity contribution in [2.45, 2.75) is 32.3 Å². The minimum absolute atomic E-state index is 0.150. The van der Waals surface area contributed by atoms with Gasteiger partial charge in [0, 0.05) is 36.5 Å². The number of aliphatic hydroxyl groups is 2. The Hall–Kier alpha value is -3.16. The van der Waals surface area contributed by atoms with Gasteiger partial charge in [0.15, 0.2) is 4.91 Å². The van der Waals surface area contributed by atoms with Gasteiger partial charge in [0.25, 0.3) is 10.0 Å². The van der Waals surface area contributed by atoms with E-state index in [2.05, 4.69) is 27.8 Å². The highest BCUT2D eigenvalue weighted by Gasteiger charge is 2.23. The molecule has 1 fully saturated rings. The molecule has 1 unspecified atom stereocenters. The van der Waals surface area contributed by atoms with Crippen LogP contribution >= 0.6 is 0 Å². The molecule has 35 heavy (non-hydrogen) atoms. The second kappa shape index (κ2) is 10.6. The van der Waals surface area contributed by atoms with Crippen LogP contribution in [0.3, 0.4) is 0 Å². The number of anilines is 1. The van der Waals surface area contributed by atoms with Crippen LogP contribution in [0.1, 0.15) is 31.9 Å². The SMILES string of the molecule is CC(=C(C#N)S(=O)(=O)NCC(O)CO)c1ccc(-c2ccc3cc(N4CCCCC4)ccc3c2)o1. The molecule has 1 atom stereocenters. The molecule has 0 saturated carbocycles. The van der Waals surface area contributed by atoms with E-state index in [4.69, 9.17) is 9.52 Å². The van der Waals surface area contributed by atoms with Crippen molar-refractivity contribution in [3.05, 3.63) is 59.2 Å². The Balaban J connectivity index is 1.59. The lowest BCUT2D eigenvalue weighted by Crippen LogP contribution is -2.34. The second-order valence-corrected chi connectivity index (χ2v) is 10.4. The monoisotopic (exact) mass is 495 g/mol. The van der Waals surface area contributed by atoms with Gasteiger partial charge < -0.3 is 19.5 Å². The Morgan fingerprint density at radius 1 is 1.11 bits per heavy atom. The number of nitriles is 1. The van der Waals surface area contributed by atoms with Crippen LogP contribution in [0, 0.1) is 11.3 Å². The maximum Gasteiger partial charge on any atom is 0.251 e. The number of rotatable bonds is 8. The van der Waals surface area contributed by atoms with Gasteiger partial charge in [0.2, 0.25) is 0 Å². The highest BCUT2D eigenvalue weighted by atomic mass is 32.2. The molecule has 0 bridgehead atoms. The smallest absolute Gasteiger partial charge is 0.251 e. The van der Waals surface area contributed by atoms with Crippen LogP contribution < -0.4 is 9.62 Å². The van der Waals surface area contributed by atoms with Crippen molar-refractivity contribution < 1.29 is 23.0 Å². The molecule has 2 heterocycles. The first-order chi connectivity index (χ1) is 16.8. The van der Waals surface area contributed by atoms with E-state index in [9.17, 15) is 18.8 Å². The molecule has 1 aliphatic heterocycles. The molecule has 184 valence electrons. The molecule has 4 rings (SSSR count). The summed E-state index contributed by atoms with van der Waals surface area (Å²) >= 11 is 0. The molecule has 1 aromatic heterocycles. The standard InChI is InChI=1S/C26H29N3O5S/c1-18(26(15-27)35(32,33)28-16-23(31)17-30)24-9-10-25(34-24)21-6-5-20-14-22(8-7-19(20)13-21)29-11-3-2-4-12-29/h5-10,13-14,23,28,30-31H,2-4,11-12,16-17H2,1H3. The predicted octanol–water partition coefficient (Wildman–Crippen LogP) is 3.62. The summed E-state index contributed by atoms with van der Waals surface area (Å²) in [5, 5.41) is 30.0. The Morgan fingerprint density at radius 3 is 2.54 bits per heavy atom. The van der Waals surface area contributed by atoms with Gasteiger partial charge >= 0.3 is 0 Å². The maximum atomic E-state index is 12.5. The van der Waals surface area contributed by atoms with Gasteiger partial charge in [-0.25, -0.2) is 13.1 Å². The van der Waals surface area contributed by atoms with Crippen molar-refractivity contribution in [1.82, 2.24) is 4.72 Å². The fourth-order valence-corrected chi connectivity index (χ4v) is 5.41. The third-order valence-electron chi connectivity index (χ3n) is 6.24. The number of aliphatic hydroxyl groups excluding tert-OH is 2. The Morgan fingerprint density at radius 2 is 1.83 bits per heavy atom. The minimum Gasteiger partial charge on any atom is -0.456 e. The van der Waals surface area contributed by atoms with E-state index in [-0.39, 0.29) is 11.3 Å². The second-order valence-electron chi connectivity index (χ2n) is 8.71. The Bertz CT molecular complexity index is 1380.